The number of hydrogen-bond acceptors (Lipinski definition) is 3. The van der Waals surface area contributed by atoms with Crippen LogP contribution in [0.2, 0.25) is 0 Å². The molecule has 1 atom stereocenters. The Morgan fingerprint density at radius 1 is 1.33 bits per heavy atom. The molecule has 2 aromatic heterocycles. The Hall–Kier alpha value is -2.37. The molecular weight excluding hydrogens is 266 g/mol. The number of carbonyl (C=O) groups is 1. The minimum Gasteiger partial charge on any atom is -0.335 e. The zero-order chi connectivity index (χ0) is 15.4. The molecule has 2 aromatic rings. The van der Waals surface area contributed by atoms with Gasteiger partial charge in [0.2, 0.25) is 0 Å². The van der Waals surface area contributed by atoms with Crippen molar-refractivity contribution in [3.05, 3.63) is 41.0 Å². The highest BCUT2D eigenvalue weighted by Crippen LogP contribution is 2.12. The number of nitrogens with one attached hydrogen (secondary N) is 3. The van der Waals surface area contributed by atoms with Gasteiger partial charge in [-0.3, -0.25) is 10.1 Å². The molecule has 0 spiro atoms. The Morgan fingerprint density at radius 3 is 2.71 bits per heavy atom. The maximum Gasteiger partial charge on any atom is 0.319 e. The van der Waals surface area contributed by atoms with Gasteiger partial charge in [0, 0.05) is 23.9 Å². The lowest BCUT2D eigenvalue weighted by Gasteiger charge is -2.14. The summed E-state index contributed by atoms with van der Waals surface area (Å²) >= 11 is 0. The number of aromatic nitrogens is 3. The number of urea groups is 1. The maximum absolute atomic E-state index is 12.0. The fourth-order valence-electron chi connectivity index (χ4n) is 2.14. The molecular formula is C15H21N5O. The minimum atomic E-state index is -0.233. The van der Waals surface area contributed by atoms with Gasteiger partial charge in [0.25, 0.3) is 0 Å². The smallest absolute Gasteiger partial charge is 0.319 e. The van der Waals surface area contributed by atoms with Crippen molar-refractivity contribution in [2.75, 3.05) is 5.32 Å². The molecule has 2 amide bonds. The average Bonchev–Trinajstić information content (AvgIpc) is 2.78. The van der Waals surface area contributed by atoms with Crippen molar-refractivity contribution >= 4 is 11.7 Å². The van der Waals surface area contributed by atoms with Gasteiger partial charge < -0.3 is 10.6 Å². The molecule has 21 heavy (non-hydrogen) atoms. The molecule has 0 bridgehead atoms. The van der Waals surface area contributed by atoms with Crippen LogP contribution in [0.4, 0.5) is 10.5 Å². The van der Waals surface area contributed by atoms with Crippen LogP contribution in [0.1, 0.15) is 29.7 Å². The first kappa shape index (κ1) is 15.0. The first-order valence-corrected chi connectivity index (χ1v) is 6.96. The summed E-state index contributed by atoms with van der Waals surface area (Å²) in [5.74, 6) is 0. The zero-order valence-electron chi connectivity index (χ0n) is 12.8. The molecule has 0 aliphatic heterocycles. The SMILES string of the molecule is Cc1ccc(NC(=O)N[C@H](C)Cc2cc(C)[nH]n2)c(C)n1. The third-order valence-corrected chi connectivity index (χ3v) is 3.13. The van der Waals surface area contributed by atoms with Gasteiger partial charge in [-0.05, 0) is 45.9 Å². The normalized spacial score (nSPS) is 12.0. The Morgan fingerprint density at radius 2 is 2.10 bits per heavy atom. The van der Waals surface area contributed by atoms with E-state index < -0.39 is 0 Å². The van der Waals surface area contributed by atoms with Crippen molar-refractivity contribution < 1.29 is 4.79 Å². The van der Waals surface area contributed by atoms with Crippen LogP contribution in [-0.4, -0.2) is 27.3 Å². The highest BCUT2D eigenvalue weighted by molar-refractivity contribution is 5.89. The molecule has 0 radical (unpaired) electrons. The van der Waals surface area contributed by atoms with Gasteiger partial charge in [0.05, 0.1) is 17.1 Å². The van der Waals surface area contributed by atoms with Crippen LogP contribution in [0.25, 0.3) is 0 Å². The van der Waals surface area contributed by atoms with E-state index in [1.807, 2.05) is 45.9 Å². The quantitative estimate of drug-likeness (QED) is 0.808. The number of pyridine rings is 1. The first-order valence-electron chi connectivity index (χ1n) is 6.96. The number of carbonyl (C=O) groups excluding carboxylic acids is 1. The largest absolute Gasteiger partial charge is 0.335 e. The number of nitrogens with zero attached hydrogens (tertiary/aromatic N) is 2. The second kappa shape index (κ2) is 6.39. The van der Waals surface area contributed by atoms with E-state index in [-0.39, 0.29) is 12.1 Å². The van der Waals surface area contributed by atoms with Gasteiger partial charge in [-0.25, -0.2) is 4.79 Å². The lowest BCUT2D eigenvalue weighted by molar-refractivity contribution is 0.249. The number of anilines is 1. The molecule has 6 heteroatoms. The topological polar surface area (TPSA) is 82.7 Å². The minimum absolute atomic E-state index is 0.00795. The summed E-state index contributed by atoms with van der Waals surface area (Å²) in [4.78, 5) is 16.3. The summed E-state index contributed by atoms with van der Waals surface area (Å²) in [5.41, 5.74) is 4.42. The molecule has 0 fully saturated rings. The highest BCUT2D eigenvalue weighted by Gasteiger charge is 2.11. The summed E-state index contributed by atoms with van der Waals surface area (Å²) in [5, 5.41) is 12.8. The zero-order valence-corrected chi connectivity index (χ0v) is 12.8. The van der Waals surface area contributed by atoms with Crippen molar-refractivity contribution in [1.29, 1.82) is 0 Å². The molecule has 0 aromatic carbocycles. The number of H-pyrrole nitrogens is 1. The average molecular weight is 287 g/mol. The van der Waals surface area contributed by atoms with E-state index in [1.54, 1.807) is 0 Å². The van der Waals surface area contributed by atoms with E-state index in [0.717, 1.165) is 28.5 Å². The Kier molecular flexibility index (Phi) is 4.57. The molecule has 0 aliphatic rings. The summed E-state index contributed by atoms with van der Waals surface area (Å²) < 4.78 is 0. The molecule has 2 rings (SSSR count). The first-order chi connectivity index (χ1) is 9.94. The third-order valence-electron chi connectivity index (χ3n) is 3.13. The van der Waals surface area contributed by atoms with Gasteiger partial charge in [-0.15, -0.1) is 0 Å². The monoisotopic (exact) mass is 287 g/mol. The number of aryl methyl sites for hydroxylation is 3. The molecule has 0 unspecified atom stereocenters. The Labute approximate surface area is 124 Å². The van der Waals surface area contributed by atoms with E-state index in [9.17, 15) is 4.79 Å². The van der Waals surface area contributed by atoms with Gasteiger partial charge in [0.1, 0.15) is 0 Å². The molecule has 0 saturated heterocycles. The lowest BCUT2D eigenvalue weighted by Crippen LogP contribution is -2.37. The van der Waals surface area contributed by atoms with Crippen LogP contribution < -0.4 is 10.6 Å². The van der Waals surface area contributed by atoms with E-state index >= 15 is 0 Å². The van der Waals surface area contributed by atoms with Crippen LogP contribution >= 0.6 is 0 Å². The van der Waals surface area contributed by atoms with Crippen molar-refractivity contribution in [2.24, 2.45) is 0 Å². The van der Waals surface area contributed by atoms with Crippen molar-refractivity contribution in [3.63, 3.8) is 0 Å². The van der Waals surface area contributed by atoms with Crippen LogP contribution in [0.15, 0.2) is 18.2 Å². The standard InChI is InChI=1S/C15H21N5O/c1-9-5-6-14(12(4)16-9)18-15(21)17-10(2)7-13-8-11(3)19-20-13/h5-6,8,10H,7H2,1-4H3,(H,19,20)(H2,17,18,21)/t10-/m1/s1. The van der Waals surface area contributed by atoms with E-state index in [1.165, 1.54) is 0 Å². The molecule has 6 nitrogen and oxygen atoms in total. The second-order valence-electron chi connectivity index (χ2n) is 5.33. The van der Waals surface area contributed by atoms with Crippen LogP contribution in [-0.2, 0) is 6.42 Å². The van der Waals surface area contributed by atoms with Gasteiger partial charge >= 0.3 is 6.03 Å². The third kappa shape index (κ3) is 4.30. The second-order valence-corrected chi connectivity index (χ2v) is 5.33. The lowest BCUT2D eigenvalue weighted by atomic mass is 10.2. The summed E-state index contributed by atoms with van der Waals surface area (Å²) in [6.45, 7) is 7.70. The van der Waals surface area contributed by atoms with Crippen LogP contribution in [0.5, 0.6) is 0 Å². The fraction of sp³-hybridized carbons (Fsp3) is 0.400. The summed E-state index contributed by atoms with van der Waals surface area (Å²) in [7, 11) is 0. The molecule has 2 heterocycles. The molecule has 3 N–H and O–H groups in total. The van der Waals surface area contributed by atoms with Gasteiger partial charge in [-0.1, -0.05) is 0 Å². The van der Waals surface area contributed by atoms with Crippen molar-refractivity contribution in [2.45, 2.75) is 40.2 Å². The summed E-state index contributed by atoms with van der Waals surface area (Å²) in [6.07, 6.45) is 0.683. The van der Waals surface area contributed by atoms with Gasteiger partial charge in [0.15, 0.2) is 0 Å². The van der Waals surface area contributed by atoms with E-state index in [4.69, 9.17) is 0 Å². The number of aromatic amines is 1. The summed E-state index contributed by atoms with van der Waals surface area (Å²) in [6, 6.07) is 5.47. The number of amides is 2. The number of hydrogen-bond donors (Lipinski definition) is 3. The predicted molar refractivity (Wildman–Crippen MR) is 82.4 cm³/mol. The number of rotatable bonds is 4. The fourth-order valence-corrected chi connectivity index (χ4v) is 2.14. The molecule has 0 saturated carbocycles. The van der Waals surface area contributed by atoms with Crippen LogP contribution in [0.3, 0.4) is 0 Å². The van der Waals surface area contributed by atoms with E-state index in [2.05, 4.69) is 25.8 Å². The Balaban J connectivity index is 1.89. The van der Waals surface area contributed by atoms with Crippen molar-refractivity contribution in [3.8, 4) is 0 Å². The van der Waals surface area contributed by atoms with E-state index in [0.29, 0.717) is 6.42 Å². The predicted octanol–water partition coefficient (Wildman–Crippen LogP) is 2.48. The van der Waals surface area contributed by atoms with Crippen LogP contribution in [0, 0.1) is 20.8 Å². The van der Waals surface area contributed by atoms with Gasteiger partial charge in [-0.2, -0.15) is 5.10 Å². The highest BCUT2D eigenvalue weighted by atomic mass is 16.2. The Bertz CT molecular complexity index is 635. The molecule has 112 valence electrons. The molecule has 0 aliphatic carbocycles. The van der Waals surface area contributed by atoms with Crippen molar-refractivity contribution in [1.82, 2.24) is 20.5 Å². The maximum atomic E-state index is 12.0.